The van der Waals surface area contributed by atoms with Gasteiger partial charge < -0.3 is 10.1 Å². The first kappa shape index (κ1) is 19.5. The molecule has 0 bridgehead atoms. The Morgan fingerprint density at radius 1 is 1.11 bits per heavy atom. The zero-order chi connectivity index (χ0) is 19.4. The number of anilines is 1. The van der Waals surface area contributed by atoms with Crippen LogP contribution >= 0.6 is 46.1 Å². The van der Waals surface area contributed by atoms with E-state index in [1.165, 1.54) is 28.8 Å². The molecule has 138 valence electrons. The van der Waals surface area contributed by atoms with Crippen LogP contribution in [-0.4, -0.2) is 33.4 Å². The van der Waals surface area contributed by atoms with Gasteiger partial charge in [0.15, 0.2) is 23.1 Å². The molecule has 0 saturated heterocycles. The molecule has 2 heterocycles. The highest BCUT2D eigenvalue weighted by molar-refractivity contribution is 7.13. The molecule has 1 aromatic carbocycles. The molecule has 2 aromatic heterocycles. The highest BCUT2D eigenvalue weighted by Gasteiger charge is 2.17. The summed E-state index contributed by atoms with van der Waals surface area (Å²) in [4.78, 5) is 36.3. The first-order chi connectivity index (χ1) is 12.9. The van der Waals surface area contributed by atoms with Gasteiger partial charge in [0.25, 0.3) is 5.91 Å². The van der Waals surface area contributed by atoms with Crippen molar-refractivity contribution in [3.8, 4) is 10.8 Å². The predicted molar refractivity (Wildman–Crippen MR) is 104 cm³/mol. The van der Waals surface area contributed by atoms with Crippen molar-refractivity contribution in [2.75, 3.05) is 11.9 Å². The van der Waals surface area contributed by atoms with Crippen molar-refractivity contribution in [1.29, 1.82) is 0 Å². The molecule has 0 aliphatic heterocycles. The molecule has 7 nitrogen and oxygen atoms in total. The molecule has 0 aliphatic rings. The van der Waals surface area contributed by atoms with Gasteiger partial charge in [-0.1, -0.05) is 34.8 Å². The molecular formula is C16H9Cl3N4O3S. The summed E-state index contributed by atoms with van der Waals surface area (Å²) in [6.45, 7) is -0.539. The van der Waals surface area contributed by atoms with Crippen LogP contribution in [0, 0.1) is 0 Å². The first-order valence-corrected chi connectivity index (χ1v) is 9.30. The molecule has 11 heteroatoms. The van der Waals surface area contributed by atoms with Crippen molar-refractivity contribution in [2.45, 2.75) is 0 Å². The average Bonchev–Trinajstić information content (AvgIpc) is 3.14. The molecule has 0 fully saturated rings. The quantitative estimate of drug-likeness (QED) is 0.589. The number of aromatic nitrogens is 3. The molecule has 0 atom stereocenters. The Hall–Kier alpha value is -2.26. The van der Waals surface area contributed by atoms with Gasteiger partial charge in [0.05, 0.1) is 15.7 Å². The fraction of sp³-hybridized carbons (Fsp3) is 0.0625. The number of hydrogen-bond acceptors (Lipinski definition) is 7. The largest absolute Gasteiger partial charge is 0.451 e. The monoisotopic (exact) mass is 442 g/mol. The number of thiazole rings is 1. The fourth-order valence-electron chi connectivity index (χ4n) is 1.92. The predicted octanol–water partition coefficient (Wildman–Crippen LogP) is 4.36. The average molecular weight is 444 g/mol. The fourth-order valence-corrected chi connectivity index (χ4v) is 3.57. The van der Waals surface area contributed by atoms with Gasteiger partial charge in [-0.05, 0) is 18.2 Å². The zero-order valence-electron chi connectivity index (χ0n) is 13.3. The standard InChI is InChI=1S/C16H9Cl3N4O3S/c17-8-4-9(18)13(10(19)5-8)23-12(24)6-26-16(25)11-7-27-15(22-11)14-20-2-1-3-21-14/h1-5,7H,6H2,(H,23,24). The van der Waals surface area contributed by atoms with E-state index in [1.807, 2.05) is 0 Å². The number of rotatable bonds is 5. The maximum absolute atomic E-state index is 12.1. The SMILES string of the molecule is O=C(COC(=O)c1csc(-c2ncccn2)n1)Nc1c(Cl)cc(Cl)cc1Cl. The number of halogens is 3. The van der Waals surface area contributed by atoms with Gasteiger partial charge in [0.1, 0.15) is 0 Å². The second-order valence-electron chi connectivity index (χ2n) is 4.98. The minimum atomic E-state index is -0.753. The number of carbonyl (C=O) groups excluding carboxylic acids is 2. The summed E-state index contributed by atoms with van der Waals surface area (Å²) in [5.74, 6) is -0.973. The van der Waals surface area contributed by atoms with Crippen LogP contribution in [0.5, 0.6) is 0 Å². The first-order valence-electron chi connectivity index (χ1n) is 7.28. The van der Waals surface area contributed by atoms with Gasteiger partial charge in [-0.3, -0.25) is 4.79 Å². The summed E-state index contributed by atoms with van der Waals surface area (Å²) in [5.41, 5.74) is 0.235. The summed E-state index contributed by atoms with van der Waals surface area (Å²) < 4.78 is 4.95. The van der Waals surface area contributed by atoms with Gasteiger partial charge in [-0.25, -0.2) is 19.7 Å². The van der Waals surface area contributed by atoms with E-state index in [9.17, 15) is 9.59 Å². The summed E-state index contributed by atoms with van der Waals surface area (Å²) in [7, 11) is 0. The molecule has 3 aromatic rings. The molecule has 0 spiro atoms. The van der Waals surface area contributed by atoms with Gasteiger partial charge in [-0.15, -0.1) is 11.3 Å². The van der Waals surface area contributed by atoms with Crippen LogP contribution in [0.1, 0.15) is 10.5 Å². The van der Waals surface area contributed by atoms with Crippen molar-refractivity contribution in [2.24, 2.45) is 0 Å². The van der Waals surface area contributed by atoms with E-state index < -0.39 is 18.5 Å². The smallest absolute Gasteiger partial charge is 0.358 e. The Morgan fingerprint density at radius 3 is 2.44 bits per heavy atom. The number of ether oxygens (including phenoxy) is 1. The normalized spacial score (nSPS) is 10.5. The Morgan fingerprint density at radius 2 is 1.78 bits per heavy atom. The van der Waals surface area contributed by atoms with Crippen molar-refractivity contribution in [3.05, 3.63) is 56.7 Å². The van der Waals surface area contributed by atoms with E-state index in [-0.39, 0.29) is 21.4 Å². The Labute approximate surface area is 172 Å². The van der Waals surface area contributed by atoms with Crippen LogP contribution in [0.15, 0.2) is 36.0 Å². The lowest BCUT2D eigenvalue weighted by molar-refractivity contribution is -0.119. The molecule has 0 aliphatic carbocycles. The molecule has 1 N–H and O–H groups in total. The number of esters is 1. The lowest BCUT2D eigenvalue weighted by Crippen LogP contribution is -2.21. The third-order valence-electron chi connectivity index (χ3n) is 3.08. The third kappa shape index (κ3) is 4.92. The van der Waals surface area contributed by atoms with Crippen molar-refractivity contribution in [3.63, 3.8) is 0 Å². The molecule has 0 radical (unpaired) electrons. The molecule has 3 rings (SSSR count). The van der Waals surface area contributed by atoms with Crippen molar-refractivity contribution >= 4 is 63.7 Å². The van der Waals surface area contributed by atoms with E-state index in [1.54, 1.807) is 18.5 Å². The van der Waals surface area contributed by atoms with Crippen LogP contribution in [0.2, 0.25) is 15.1 Å². The topological polar surface area (TPSA) is 94.1 Å². The van der Waals surface area contributed by atoms with Crippen LogP contribution in [0.25, 0.3) is 10.8 Å². The Kier molecular flexibility index (Phi) is 6.22. The molecular weight excluding hydrogens is 435 g/mol. The van der Waals surface area contributed by atoms with E-state index in [2.05, 4.69) is 20.3 Å². The lowest BCUT2D eigenvalue weighted by atomic mass is 10.3. The number of benzene rings is 1. The third-order valence-corrected chi connectivity index (χ3v) is 4.73. The van der Waals surface area contributed by atoms with Gasteiger partial charge in [-0.2, -0.15) is 0 Å². The van der Waals surface area contributed by atoms with E-state index in [0.717, 1.165) is 0 Å². The summed E-state index contributed by atoms with van der Waals surface area (Å²) in [6, 6.07) is 4.53. The number of amides is 1. The second kappa shape index (κ2) is 8.62. The molecule has 0 saturated carbocycles. The minimum absolute atomic E-state index is 0.0535. The second-order valence-corrected chi connectivity index (χ2v) is 7.09. The van der Waals surface area contributed by atoms with Crippen LogP contribution < -0.4 is 5.32 Å². The zero-order valence-corrected chi connectivity index (χ0v) is 16.4. The maximum atomic E-state index is 12.1. The molecule has 1 amide bonds. The summed E-state index contributed by atoms with van der Waals surface area (Å²) >= 11 is 19.0. The number of nitrogens with zero attached hydrogens (tertiary/aromatic N) is 3. The number of hydrogen-bond donors (Lipinski definition) is 1. The van der Waals surface area contributed by atoms with Gasteiger partial charge in [0.2, 0.25) is 0 Å². The highest BCUT2D eigenvalue weighted by Crippen LogP contribution is 2.33. The Bertz CT molecular complexity index is 975. The summed E-state index contributed by atoms with van der Waals surface area (Å²) in [6.07, 6.45) is 3.14. The number of carbonyl (C=O) groups is 2. The number of nitrogens with one attached hydrogen (secondary N) is 1. The summed E-state index contributed by atoms with van der Waals surface area (Å²) in [5, 5.41) is 5.09. The van der Waals surface area contributed by atoms with E-state index in [4.69, 9.17) is 39.5 Å². The van der Waals surface area contributed by atoms with Crippen molar-refractivity contribution in [1.82, 2.24) is 15.0 Å². The maximum Gasteiger partial charge on any atom is 0.358 e. The van der Waals surface area contributed by atoms with E-state index in [0.29, 0.717) is 15.9 Å². The van der Waals surface area contributed by atoms with Gasteiger partial charge in [0, 0.05) is 22.8 Å². The van der Waals surface area contributed by atoms with Crippen LogP contribution in [0.3, 0.4) is 0 Å². The molecule has 27 heavy (non-hydrogen) atoms. The lowest BCUT2D eigenvalue weighted by Gasteiger charge is -2.09. The van der Waals surface area contributed by atoms with Gasteiger partial charge >= 0.3 is 5.97 Å². The minimum Gasteiger partial charge on any atom is -0.451 e. The van der Waals surface area contributed by atoms with E-state index >= 15 is 0 Å². The van der Waals surface area contributed by atoms with Crippen LogP contribution in [0.4, 0.5) is 5.69 Å². The highest BCUT2D eigenvalue weighted by atomic mass is 35.5. The Balaban J connectivity index is 1.60. The molecule has 0 unspecified atom stereocenters. The van der Waals surface area contributed by atoms with Crippen molar-refractivity contribution < 1.29 is 14.3 Å². The van der Waals surface area contributed by atoms with Crippen LogP contribution in [-0.2, 0) is 9.53 Å².